The number of nitrogens with one attached hydrogen (secondary N) is 1. The van der Waals surface area contributed by atoms with Crippen molar-refractivity contribution >= 4 is 27.5 Å². The zero-order valence-corrected chi connectivity index (χ0v) is 22.2. The molecule has 0 radical (unpaired) electrons. The van der Waals surface area contributed by atoms with E-state index in [2.05, 4.69) is 5.32 Å². The van der Waals surface area contributed by atoms with Crippen molar-refractivity contribution in [2.24, 2.45) is 0 Å². The molecule has 0 saturated carbocycles. The topological polar surface area (TPSA) is 105 Å². The molecular weight excluding hydrogens is 470 g/mol. The van der Waals surface area contributed by atoms with Crippen LogP contribution in [0.2, 0.25) is 0 Å². The third-order valence-corrected chi connectivity index (χ3v) is 6.31. The summed E-state index contributed by atoms with van der Waals surface area (Å²) in [6.07, 6.45) is 1.03. The Morgan fingerprint density at radius 2 is 1.57 bits per heavy atom. The van der Waals surface area contributed by atoms with Crippen LogP contribution in [0.4, 0.5) is 5.69 Å². The summed E-state index contributed by atoms with van der Waals surface area (Å²) >= 11 is 0. The van der Waals surface area contributed by atoms with Gasteiger partial charge in [-0.05, 0) is 57.5 Å². The number of hydrogen-bond donors (Lipinski definition) is 1. The second-order valence-corrected chi connectivity index (χ2v) is 11.2. The first kappa shape index (κ1) is 28.0. The minimum atomic E-state index is -3.82. The van der Waals surface area contributed by atoms with Gasteiger partial charge in [-0.25, -0.2) is 8.42 Å². The van der Waals surface area contributed by atoms with Gasteiger partial charge in [0.1, 0.15) is 24.1 Å². The zero-order chi connectivity index (χ0) is 26.4. The van der Waals surface area contributed by atoms with Crippen molar-refractivity contribution in [3.8, 4) is 11.5 Å². The second kappa shape index (κ2) is 11.4. The normalized spacial score (nSPS) is 12.4. The summed E-state index contributed by atoms with van der Waals surface area (Å²) in [5.41, 5.74) is 0.517. The van der Waals surface area contributed by atoms with Gasteiger partial charge < -0.3 is 19.7 Å². The first-order valence-corrected chi connectivity index (χ1v) is 13.0. The fraction of sp³-hybridized carbons (Fsp3) is 0.440. The molecule has 0 aliphatic rings. The summed E-state index contributed by atoms with van der Waals surface area (Å²) in [6.45, 7) is 6.77. The lowest BCUT2D eigenvalue weighted by Gasteiger charge is -2.33. The van der Waals surface area contributed by atoms with Gasteiger partial charge in [-0.3, -0.25) is 13.9 Å². The number of nitrogens with zero attached hydrogens (tertiary/aromatic N) is 2. The lowest BCUT2D eigenvalue weighted by Crippen LogP contribution is -2.54. The summed E-state index contributed by atoms with van der Waals surface area (Å²) in [6, 6.07) is 12.7. The number of carbonyl (C=O) groups is 2. The Kier molecular flexibility index (Phi) is 9.14. The molecule has 1 unspecified atom stereocenters. The van der Waals surface area contributed by atoms with E-state index in [-0.39, 0.29) is 18.1 Å². The van der Waals surface area contributed by atoms with Crippen LogP contribution in [-0.2, 0) is 26.2 Å². The summed E-state index contributed by atoms with van der Waals surface area (Å²) in [5, 5.41) is 2.89. The highest BCUT2D eigenvalue weighted by molar-refractivity contribution is 7.92. The van der Waals surface area contributed by atoms with E-state index in [0.29, 0.717) is 11.5 Å². The molecule has 10 heteroatoms. The third-order valence-electron chi connectivity index (χ3n) is 5.17. The Bertz CT molecular complexity index is 1140. The van der Waals surface area contributed by atoms with Crippen molar-refractivity contribution in [1.29, 1.82) is 0 Å². The predicted molar refractivity (Wildman–Crippen MR) is 136 cm³/mol. The van der Waals surface area contributed by atoms with E-state index < -0.39 is 34.1 Å². The van der Waals surface area contributed by atoms with Gasteiger partial charge in [-0.1, -0.05) is 18.2 Å². The molecule has 2 aromatic carbocycles. The van der Waals surface area contributed by atoms with Crippen molar-refractivity contribution in [3.05, 3.63) is 54.1 Å². The number of carbonyl (C=O) groups excluding carboxylic acids is 2. The van der Waals surface area contributed by atoms with Gasteiger partial charge in [0.05, 0.1) is 26.2 Å². The van der Waals surface area contributed by atoms with Crippen LogP contribution in [0.15, 0.2) is 48.5 Å². The van der Waals surface area contributed by atoms with Gasteiger partial charge in [0, 0.05) is 18.2 Å². The molecule has 0 fully saturated rings. The zero-order valence-electron chi connectivity index (χ0n) is 21.4. The molecule has 2 rings (SSSR count). The van der Waals surface area contributed by atoms with Crippen LogP contribution in [0.25, 0.3) is 0 Å². The van der Waals surface area contributed by atoms with Crippen molar-refractivity contribution < 1.29 is 27.5 Å². The number of hydrogen-bond acceptors (Lipinski definition) is 6. The molecular formula is C25H35N3O6S. The monoisotopic (exact) mass is 505 g/mol. The van der Waals surface area contributed by atoms with Gasteiger partial charge in [-0.15, -0.1) is 0 Å². The molecule has 0 spiro atoms. The van der Waals surface area contributed by atoms with E-state index in [9.17, 15) is 18.0 Å². The van der Waals surface area contributed by atoms with E-state index in [0.717, 1.165) is 16.1 Å². The van der Waals surface area contributed by atoms with Crippen LogP contribution in [0.1, 0.15) is 33.3 Å². The molecule has 1 atom stereocenters. The Hall–Kier alpha value is -3.27. The molecule has 0 aromatic heterocycles. The molecule has 1 N–H and O–H groups in total. The summed E-state index contributed by atoms with van der Waals surface area (Å²) in [5.74, 6) is 0.184. The molecule has 0 aliphatic carbocycles. The van der Waals surface area contributed by atoms with Gasteiger partial charge in [0.25, 0.3) is 0 Å². The van der Waals surface area contributed by atoms with Crippen molar-refractivity contribution in [1.82, 2.24) is 10.2 Å². The van der Waals surface area contributed by atoms with Gasteiger partial charge >= 0.3 is 0 Å². The van der Waals surface area contributed by atoms with Crippen molar-refractivity contribution in [2.75, 3.05) is 31.3 Å². The lowest BCUT2D eigenvalue weighted by atomic mass is 10.1. The minimum Gasteiger partial charge on any atom is -0.497 e. The number of methoxy groups -OCH3 is 2. The molecule has 0 aliphatic heterocycles. The Morgan fingerprint density at radius 1 is 1.00 bits per heavy atom. The van der Waals surface area contributed by atoms with Crippen LogP contribution in [0, 0.1) is 0 Å². The molecule has 0 saturated heterocycles. The van der Waals surface area contributed by atoms with Crippen LogP contribution < -0.4 is 19.1 Å². The maximum Gasteiger partial charge on any atom is 0.244 e. The summed E-state index contributed by atoms with van der Waals surface area (Å²) in [4.78, 5) is 27.9. The fourth-order valence-corrected chi connectivity index (χ4v) is 4.24. The van der Waals surface area contributed by atoms with Crippen molar-refractivity contribution in [2.45, 2.75) is 45.8 Å². The summed E-state index contributed by atoms with van der Waals surface area (Å²) < 4.78 is 36.8. The van der Waals surface area contributed by atoms with E-state index in [1.165, 1.54) is 18.1 Å². The number of ether oxygens (including phenoxy) is 2. The highest BCUT2D eigenvalue weighted by Gasteiger charge is 2.31. The average molecular weight is 506 g/mol. The molecule has 35 heavy (non-hydrogen) atoms. The third kappa shape index (κ3) is 8.17. The first-order chi connectivity index (χ1) is 16.2. The summed E-state index contributed by atoms with van der Waals surface area (Å²) in [7, 11) is -0.806. The molecule has 0 bridgehead atoms. The highest BCUT2D eigenvalue weighted by atomic mass is 32.2. The number of amides is 2. The van der Waals surface area contributed by atoms with Crippen LogP contribution in [0.3, 0.4) is 0 Å². The maximum absolute atomic E-state index is 13.6. The van der Waals surface area contributed by atoms with Gasteiger partial charge in [-0.2, -0.15) is 0 Å². The Balaban J connectivity index is 2.43. The van der Waals surface area contributed by atoms with Crippen LogP contribution in [-0.4, -0.2) is 63.7 Å². The number of sulfonamides is 1. The van der Waals surface area contributed by atoms with Gasteiger partial charge in [0.15, 0.2) is 0 Å². The lowest BCUT2D eigenvalue weighted by molar-refractivity contribution is -0.140. The molecule has 2 aromatic rings. The number of anilines is 1. The molecule has 2 amide bonds. The van der Waals surface area contributed by atoms with E-state index in [1.54, 1.807) is 50.4 Å². The molecule has 192 valence electrons. The van der Waals surface area contributed by atoms with E-state index >= 15 is 0 Å². The SMILES string of the molecule is COc1cccc(CN(C(=O)CN(c2cccc(OC)c2)S(C)(=O)=O)C(C)C(=O)NC(C)(C)C)c1. The van der Waals surface area contributed by atoms with Crippen LogP contribution in [0.5, 0.6) is 11.5 Å². The first-order valence-electron chi connectivity index (χ1n) is 11.1. The average Bonchev–Trinajstić information content (AvgIpc) is 2.78. The van der Waals surface area contributed by atoms with Crippen LogP contribution >= 0.6 is 0 Å². The maximum atomic E-state index is 13.6. The quantitative estimate of drug-likeness (QED) is 0.532. The van der Waals surface area contributed by atoms with Gasteiger partial charge in [0.2, 0.25) is 21.8 Å². The van der Waals surface area contributed by atoms with E-state index in [4.69, 9.17) is 9.47 Å². The minimum absolute atomic E-state index is 0.0878. The number of rotatable bonds is 10. The second-order valence-electron chi connectivity index (χ2n) is 9.26. The number of benzene rings is 2. The standard InChI is InChI=1S/C25H35N3O6S/c1-18(24(30)26-25(2,3)4)27(16-19-10-8-12-21(14-19)33-5)23(29)17-28(35(7,31)32)20-11-9-13-22(15-20)34-6/h8-15,18H,16-17H2,1-7H3,(H,26,30). The Labute approximate surface area is 208 Å². The van der Waals surface area contributed by atoms with Crippen molar-refractivity contribution in [3.63, 3.8) is 0 Å². The highest BCUT2D eigenvalue weighted by Crippen LogP contribution is 2.24. The van der Waals surface area contributed by atoms with E-state index in [1.807, 2.05) is 26.8 Å². The molecule has 9 nitrogen and oxygen atoms in total. The Morgan fingerprint density at radius 3 is 2.11 bits per heavy atom. The fourth-order valence-electron chi connectivity index (χ4n) is 3.40. The molecule has 0 heterocycles. The predicted octanol–water partition coefficient (Wildman–Crippen LogP) is 2.80. The largest absolute Gasteiger partial charge is 0.497 e. The smallest absolute Gasteiger partial charge is 0.244 e.